The van der Waals surface area contributed by atoms with Crippen LogP contribution in [0.4, 0.5) is 5.82 Å². The van der Waals surface area contributed by atoms with Gasteiger partial charge in [0, 0.05) is 17.1 Å². The molecule has 6 heteroatoms. The van der Waals surface area contributed by atoms with Crippen molar-refractivity contribution >= 4 is 23.1 Å². The number of benzene rings is 1. The lowest BCUT2D eigenvalue weighted by atomic mass is 9.87. The van der Waals surface area contributed by atoms with Crippen LogP contribution in [0.1, 0.15) is 25.7 Å². The maximum Gasteiger partial charge on any atom is 0.154 e. The second kappa shape index (κ2) is 7.02. The monoisotopic (exact) mass is 356 g/mol. The number of anilines is 1. The Kier molecular flexibility index (Phi) is 4.59. The molecule has 1 aliphatic carbocycles. The largest absolute Gasteiger partial charge is 0.393 e. The molecule has 0 unspecified atom stereocenters. The van der Waals surface area contributed by atoms with Crippen molar-refractivity contribution in [3.63, 3.8) is 0 Å². The molecule has 0 atom stereocenters. The molecule has 5 nitrogen and oxygen atoms in total. The number of aromatic nitrogens is 3. The van der Waals surface area contributed by atoms with E-state index in [1.807, 2.05) is 47.1 Å². The van der Waals surface area contributed by atoms with Gasteiger partial charge in [0.25, 0.3) is 0 Å². The lowest BCUT2D eigenvalue weighted by molar-refractivity contribution is 0.111. The van der Waals surface area contributed by atoms with Gasteiger partial charge < -0.3 is 10.4 Å². The summed E-state index contributed by atoms with van der Waals surface area (Å²) in [5.74, 6) is 1.43. The van der Waals surface area contributed by atoms with Gasteiger partial charge in [0.05, 0.1) is 18.0 Å². The van der Waals surface area contributed by atoms with Crippen molar-refractivity contribution < 1.29 is 5.11 Å². The molecule has 2 N–H and O–H groups in total. The second-order valence-corrected chi connectivity index (χ2v) is 7.13. The number of hydrogen-bond acceptors (Lipinski definition) is 4. The Balaban J connectivity index is 1.54. The number of nitrogens with one attached hydrogen (secondary N) is 1. The van der Waals surface area contributed by atoms with E-state index in [2.05, 4.69) is 10.3 Å². The van der Waals surface area contributed by atoms with Crippen LogP contribution in [0.2, 0.25) is 5.02 Å². The molecule has 2 heterocycles. The van der Waals surface area contributed by atoms with Crippen LogP contribution in [-0.4, -0.2) is 32.4 Å². The fourth-order valence-electron chi connectivity index (χ4n) is 3.41. The Hall–Kier alpha value is -2.11. The minimum Gasteiger partial charge on any atom is -0.393 e. The van der Waals surface area contributed by atoms with Gasteiger partial charge in [-0.25, -0.2) is 9.50 Å². The standard InChI is InChI=1S/C19H21ClN4O/c20-15-3-1-2-14(10-15)17-12-22-19-9-8-18(23-24(17)19)21-11-13-4-6-16(25)7-5-13/h1-3,8-10,12-13,16,25H,4-7,11H2,(H,21,23). The van der Waals surface area contributed by atoms with Crippen molar-refractivity contribution in [1.29, 1.82) is 0 Å². The van der Waals surface area contributed by atoms with E-state index in [1.54, 1.807) is 0 Å². The van der Waals surface area contributed by atoms with Gasteiger partial charge in [-0.3, -0.25) is 0 Å². The highest BCUT2D eigenvalue weighted by molar-refractivity contribution is 6.30. The summed E-state index contributed by atoms with van der Waals surface area (Å²) in [5, 5.41) is 18.4. The average molecular weight is 357 g/mol. The maximum atomic E-state index is 9.61. The van der Waals surface area contributed by atoms with Gasteiger partial charge in [-0.15, -0.1) is 5.10 Å². The smallest absolute Gasteiger partial charge is 0.154 e. The molecule has 1 aliphatic rings. The summed E-state index contributed by atoms with van der Waals surface area (Å²) in [6, 6.07) is 11.6. The summed E-state index contributed by atoms with van der Waals surface area (Å²) >= 11 is 6.11. The van der Waals surface area contributed by atoms with Crippen molar-refractivity contribution in [2.24, 2.45) is 5.92 Å². The quantitative estimate of drug-likeness (QED) is 0.741. The van der Waals surface area contributed by atoms with Crippen LogP contribution < -0.4 is 5.32 Å². The third-order valence-electron chi connectivity index (χ3n) is 4.87. The minimum atomic E-state index is -0.114. The summed E-state index contributed by atoms with van der Waals surface area (Å²) in [5.41, 5.74) is 2.72. The van der Waals surface area contributed by atoms with E-state index < -0.39 is 0 Å². The van der Waals surface area contributed by atoms with Crippen molar-refractivity contribution in [1.82, 2.24) is 14.6 Å². The number of halogens is 1. The highest BCUT2D eigenvalue weighted by Gasteiger charge is 2.19. The summed E-state index contributed by atoms with van der Waals surface area (Å²) < 4.78 is 1.85. The molecule has 1 fully saturated rings. The number of aliphatic hydroxyl groups is 1. The van der Waals surface area contributed by atoms with Gasteiger partial charge in [-0.05, 0) is 55.9 Å². The highest BCUT2D eigenvalue weighted by Crippen LogP contribution is 2.25. The molecular weight excluding hydrogens is 336 g/mol. The predicted octanol–water partition coefficient (Wildman–Crippen LogP) is 4.01. The zero-order valence-electron chi connectivity index (χ0n) is 13.9. The molecule has 0 aliphatic heterocycles. The zero-order valence-corrected chi connectivity index (χ0v) is 14.7. The third-order valence-corrected chi connectivity index (χ3v) is 5.11. The first-order chi connectivity index (χ1) is 12.2. The van der Waals surface area contributed by atoms with Gasteiger partial charge in [-0.1, -0.05) is 23.7 Å². The van der Waals surface area contributed by atoms with Crippen LogP contribution in [0.5, 0.6) is 0 Å². The summed E-state index contributed by atoms with van der Waals surface area (Å²) in [6.07, 6.45) is 5.64. The number of hydrogen-bond donors (Lipinski definition) is 2. The Morgan fingerprint density at radius 2 is 2.00 bits per heavy atom. The Morgan fingerprint density at radius 1 is 1.16 bits per heavy atom. The van der Waals surface area contributed by atoms with E-state index in [0.717, 1.165) is 55.0 Å². The van der Waals surface area contributed by atoms with Crippen LogP contribution in [0.15, 0.2) is 42.6 Å². The lowest BCUT2D eigenvalue weighted by Crippen LogP contribution is -2.23. The summed E-state index contributed by atoms with van der Waals surface area (Å²) in [6.45, 7) is 0.881. The van der Waals surface area contributed by atoms with E-state index in [4.69, 9.17) is 16.7 Å². The van der Waals surface area contributed by atoms with E-state index >= 15 is 0 Å². The van der Waals surface area contributed by atoms with E-state index in [9.17, 15) is 5.11 Å². The highest BCUT2D eigenvalue weighted by atomic mass is 35.5. The molecule has 4 rings (SSSR count). The molecule has 3 aromatic rings. The molecule has 0 radical (unpaired) electrons. The number of nitrogens with zero attached hydrogens (tertiary/aromatic N) is 3. The molecular formula is C19H21ClN4O. The molecule has 0 saturated heterocycles. The molecule has 0 amide bonds. The van der Waals surface area contributed by atoms with Gasteiger partial charge in [0.15, 0.2) is 5.65 Å². The van der Waals surface area contributed by atoms with Crippen LogP contribution in [0.3, 0.4) is 0 Å². The predicted molar refractivity (Wildman–Crippen MR) is 99.9 cm³/mol. The molecule has 25 heavy (non-hydrogen) atoms. The average Bonchev–Trinajstić information content (AvgIpc) is 3.04. The molecule has 0 bridgehead atoms. The number of fused-ring (bicyclic) bond motifs is 1. The van der Waals surface area contributed by atoms with E-state index in [1.165, 1.54) is 0 Å². The van der Waals surface area contributed by atoms with Gasteiger partial charge in [0.2, 0.25) is 0 Å². The molecule has 0 spiro atoms. The molecule has 130 valence electrons. The molecule has 2 aromatic heterocycles. The van der Waals surface area contributed by atoms with Crippen molar-refractivity contribution in [2.45, 2.75) is 31.8 Å². The number of imidazole rings is 1. The zero-order chi connectivity index (χ0) is 17.2. The molecule has 1 saturated carbocycles. The third kappa shape index (κ3) is 3.62. The fraction of sp³-hybridized carbons (Fsp3) is 0.368. The first-order valence-corrected chi connectivity index (χ1v) is 9.09. The van der Waals surface area contributed by atoms with Gasteiger partial charge in [0.1, 0.15) is 5.82 Å². The van der Waals surface area contributed by atoms with E-state index in [-0.39, 0.29) is 6.10 Å². The number of rotatable bonds is 4. The fourth-order valence-corrected chi connectivity index (χ4v) is 3.60. The SMILES string of the molecule is OC1CCC(CNc2ccc3ncc(-c4cccc(Cl)c4)n3n2)CC1. The van der Waals surface area contributed by atoms with Gasteiger partial charge >= 0.3 is 0 Å². The van der Waals surface area contributed by atoms with E-state index in [0.29, 0.717) is 10.9 Å². The minimum absolute atomic E-state index is 0.114. The van der Waals surface area contributed by atoms with Crippen LogP contribution in [0.25, 0.3) is 16.9 Å². The normalized spacial score (nSPS) is 20.7. The molecule has 1 aromatic carbocycles. The summed E-state index contributed by atoms with van der Waals surface area (Å²) in [4.78, 5) is 4.43. The number of aliphatic hydroxyl groups excluding tert-OH is 1. The Labute approximate surface area is 151 Å². The summed E-state index contributed by atoms with van der Waals surface area (Å²) in [7, 11) is 0. The Morgan fingerprint density at radius 3 is 2.80 bits per heavy atom. The van der Waals surface area contributed by atoms with Crippen molar-refractivity contribution in [3.8, 4) is 11.3 Å². The first-order valence-electron chi connectivity index (χ1n) is 8.72. The Bertz CT molecular complexity index is 871. The topological polar surface area (TPSA) is 62.5 Å². The van der Waals surface area contributed by atoms with Crippen LogP contribution >= 0.6 is 11.6 Å². The maximum absolute atomic E-state index is 9.61. The second-order valence-electron chi connectivity index (χ2n) is 6.70. The van der Waals surface area contributed by atoms with Gasteiger partial charge in [-0.2, -0.15) is 0 Å². The van der Waals surface area contributed by atoms with Crippen molar-refractivity contribution in [2.75, 3.05) is 11.9 Å². The lowest BCUT2D eigenvalue weighted by Gasteiger charge is -2.25. The van der Waals surface area contributed by atoms with Crippen LogP contribution in [0, 0.1) is 5.92 Å². The first kappa shape index (κ1) is 16.4. The van der Waals surface area contributed by atoms with Crippen molar-refractivity contribution in [3.05, 3.63) is 47.6 Å². The van der Waals surface area contributed by atoms with Crippen LogP contribution in [-0.2, 0) is 0 Å².